The molecule has 1 aromatic carbocycles. The Morgan fingerprint density at radius 1 is 1.16 bits per heavy atom. The average Bonchev–Trinajstić information content (AvgIpc) is 2.82. The van der Waals surface area contributed by atoms with E-state index in [1.54, 1.807) is 0 Å². The van der Waals surface area contributed by atoms with Crippen LogP contribution in [0.15, 0.2) is 24.3 Å². The molecule has 0 amide bonds. The van der Waals surface area contributed by atoms with Crippen molar-refractivity contribution in [2.75, 3.05) is 6.61 Å². The van der Waals surface area contributed by atoms with Crippen LogP contribution in [0.1, 0.15) is 50.5 Å². The summed E-state index contributed by atoms with van der Waals surface area (Å²) < 4.78 is 12.3. The molecule has 2 heteroatoms. The number of benzene rings is 1. The van der Waals surface area contributed by atoms with Crippen LogP contribution in [-0.4, -0.2) is 18.3 Å². The van der Waals surface area contributed by atoms with Crippen LogP contribution >= 0.6 is 0 Å². The maximum absolute atomic E-state index is 6.33. The van der Waals surface area contributed by atoms with Crippen molar-refractivity contribution in [1.29, 1.82) is 0 Å². The van der Waals surface area contributed by atoms with Crippen LogP contribution in [0.4, 0.5) is 0 Å². The number of rotatable bonds is 3. The van der Waals surface area contributed by atoms with Gasteiger partial charge in [0, 0.05) is 0 Å². The van der Waals surface area contributed by atoms with Crippen LogP contribution in [0.2, 0.25) is 0 Å². The number of aryl methyl sites for hydroxylation is 1. The molecule has 2 aliphatic rings. The van der Waals surface area contributed by atoms with Gasteiger partial charge in [-0.15, -0.1) is 0 Å². The molecule has 1 spiro atoms. The van der Waals surface area contributed by atoms with Gasteiger partial charge in [0.05, 0.1) is 11.7 Å². The van der Waals surface area contributed by atoms with Gasteiger partial charge in [0.2, 0.25) is 0 Å². The Labute approximate surface area is 116 Å². The molecule has 1 heterocycles. The fourth-order valence-electron chi connectivity index (χ4n) is 3.48. The standard InChI is InChI=1S/C17H24O2/c1-14-7-3-4-8-16(14)18-13-15-9-12-17(19-15)10-5-2-6-11-17/h3-4,7-8,15H,2,5-6,9-13H2,1H3. The van der Waals surface area contributed by atoms with E-state index in [1.807, 2.05) is 18.2 Å². The van der Waals surface area contributed by atoms with Crippen molar-refractivity contribution in [1.82, 2.24) is 0 Å². The van der Waals surface area contributed by atoms with Crippen molar-refractivity contribution in [3.63, 3.8) is 0 Å². The highest BCUT2D eigenvalue weighted by atomic mass is 16.6. The smallest absolute Gasteiger partial charge is 0.122 e. The maximum atomic E-state index is 6.33. The molecular formula is C17H24O2. The second-order valence-corrected chi connectivity index (χ2v) is 6.10. The number of ether oxygens (including phenoxy) is 2. The summed E-state index contributed by atoms with van der Waals surface area (Å²) in [5.74, 6) is 0.996. The molecule has 2 fully saturated rings. The highest BCUT2D eigenvalue weighted by Crippen LogP contribution is 2.41. The van der Waals surface area contributed by atoms with Gasteiger partial charge in [0.25, 0.3) is 0 Å². The first-order valence-corrected chi connectivity index (χ1v) is 7.64. The van der Waals surface area contributed by atoms with Gasteiger partial charge in [-0.3, -0.25) is 0 Å². The topological polar surface area (TPSA) is 18.5 Å². The zero-order valence-electron chi connectivity index (χ0n) is 11.9. The Bertz CT molecular complexity index is 421. The van der Waals surface area contributed by atoms with Crippen LogP contribution in [-0.2, 0) is 4.74 Å². The minimum Gasteiger partial charge on any atom is -0.491 e. The zero-order valence-corrected chi connectivity index (χ0v) is 11.9. The van der Waals surface area contributed by atoms with E-state index < -0.39 is 0 Å². The second-order valence-electron chi connectivity index (χ2n) is 6.10. The number of hydrogen-bond donors (Lipinski definition) is 0. The third kappa shape index (κ3) is 2.94. The van der Waals surface area contributed by atoms with Gasteiger partial charge in [-0.25, -0.2) is 0 Å². The van der Waals surface area contributed by atoms with Crippen molar-refractivity contribution < 1.29 is 9.47 Å². The Hall–Kier alpha value is -1.02. The van der Waals surface area contributed by atoms with Crippen LogP contribution in [0.25, 0.3) is 0 Å². The van der Waals surface area contributed by atoms with E-state index in [0.717, 1.165) is 12.2 Å². The Kier molecular flexibility index (Phi) is 3.79. The molecule has 1 atom stereocenters. The Morgan fingerprint density at radius 3 is 2.74 bits per heavy atom. The van der Waals surface area contributed by atoms with Crippen molar-refractivity contribution in [3.8, 4) is 5.75 Å². The lowest BCUT2D eigenvalue weighted by Gasteiger charge is -2.33. The first-order chi connectivity index (χ1) is 9.27. The van der Waals surface area contributed by atoms with Gasteiger partial charge in [0.15, 0.2) is 0 Å². The summed E-state index contributed by atoms with van der Waals surface area (Å²) in [5.41, 5.74) is 1.41. The van der Waals surface area contributed by atoms with Crippen molar-refractivity contribution in [2.45, 2.75) is 63.6 Å². The van der Waals surface area contributed by atoms with Crippen molar-refractivity contribution in [2.24, 2.45) is 0 Å². The van der Waals surface area contributed by atoms with Crippen LogP contribution < -0.4 is 4.74 Å². The fraction of sp³-hybridized carbons (Fsp3) is 0.647. The lowest BCUT2D eigenvalue weighted by Crippen LogP contribution is -2.32. The molecule has 1 unspecified atom stereocenters. The first kappa shape index (κ1) is 13.0. The zero-order chi connectivity index (χ0) is 13.1. The Morgan fingerprint density at radius 2 is 1.95 bits per heavy atom. The quantitative estimate of drug-likeness (QED) is 0.808. The Balaban J connectivity index is 1.53. The molecule has 1 aromatic rings. The van der Waals surface area contributed by atoms with Crippen molar-refractivity contribution >= 4 is 0 Å². The number of para-hydroxylation sites is 1. The lowest BCUT2D eigenvalue weighted by molar-refractivity contribution is -0.0749. The minimum absolute atomic E-state index is 0.206. The molecule has 1 saturated carbocycles. The van der Waals surface area contributed by atoms with E-state index in [4.69, 9.17) is 9.47 Å². The highest BCUT2D eigenvalue weighted by Gasteiger charge is 2.40. The lowest BCUT2D eigenvalue weighted by atomic mass is 9.83. The summed E-state index contributed by atoms with van der Waals surface area (Å²) >= 11 is 0. The summed E-state index contributed by atoms with van der Waals surface area (Å²) in [6.07, 6.45) is 9.26. The molecule has 0 aromatic heterocycles. The SMILES string of the molecule is Cc1ccccc1OCC1CCC2(CCCCC2)O1. The molecular weight excluding hydrogens is 236 g/mol. The molecule has 2 nitrogen and oxygen atoms in total. The van der Waals surface area contributed by atoms with E-state index in [0.29, 0.717) is 6.61 Å². The molecule has 0 bridgehead atoms. The van der Waals surface area contributed by atoms with Crippen molar-refractivity contribution in [3.05, 3.63) is 29.8 Å². The molecule has 19 heavy (non-hydrogen) atoms. The van der Waals surface area contributed by atoms with E-state index in [2.05, 4.69) is 13.0 Å². The molecule has 1 saturated heterocycles. The molecule has 0 N–H and O–H groups in total. The van der Waals surface area contributed by atoms with E-state index in [9.17, 15) is 0 Å². The minimum atomic E-state index is 0.206. The fourth-order valence-corrected chi connectivity index (χ4v) is 3.48. The van der Waals surface area contributed by atoms with Gasteiger partial charge < -0.3 is 9.47 Å². The predicted octanol–water partition coefficient (Wildman–Crippen LogP) is 4.26. The molecule has 104 valence electrons. The third-order valence-corrected chi connectivity index (χ3v) is 4.62. The van der Waals surface area contributed by atoms with Gasteiger partial charge >= 0.3 is 0 Å². The number of hydrogen-bond acceptors (Lipinski definition) is 2. The van der Waals surface area contributed by atoms with Gasteiger partial charge in [-0.05, 0) is 44.2 Å². The van der Waals surface area contributed by atoms with Gasteiger partial charge in [-0.1, -0.05) is 37.5 Å². The summed E-state index contributed by atoms with van der Waals surface area (Å²) in [6.45, 7) is 2.79. The van der Waals surface area contributed by atoms with E-state index >= 15 is 0 Å². The normalized spacial score (nSPS) is 25.6. The summed E-state index contributed by atoms with van der Waals surface area (Å²) in [4.78, 5) is 0. The van der Waals surface area contributed by atoms with Crippen LogP contribution in [0.3, 0.4) is 0 Å². The summed E-state index contributed by atoms with van der Waals surface area (Å²) in [5, 5.41) is 0. The average molecular weight is 260 g/mol. The first-order valence-electron chi connectivity index (χ1n) is 7.64. The summed E-state index contributed by atoms with van der Waals surface area (Å²) in [6, 6.07) is 8.21. The summed E-state index contributed by atoms with van der Waals surface area (Å²) in [7, 11) is 0. The molecule has 3 rings (SSSR count). The third-order valence-electron chi connectivity index (χ3n) is 4.62. The van der Waals surface area contributed by atoms with Gasteiger partial charge in [0.1, 0.15) is 12.4 Å². The van der Waals surface area contributed by atoms with E-state index in [-0.39, 0.29) is 11.7 Å². The van der Waals surface area contributed by atoms with Crippen LogP contribution in [0, 0.1) is 6.92 Å². The largest absolute Gasteiger partial charge is 0.491 e. The molecule has 1 aliphatic carbocycles. The molecule has 1 aliphatic heterocycles. The van der Waals surface area contributed by atoms with Crippen LogP contribution in [0.5, 0.6) is 5.75 Å². The monoisotopic (exact) mass is 260 g/mol. The predicted molar refractivity (Wildman–Crippen MR) is 76.6 cm³/mol. The highest BCUT2D eigenvalue weighted by molar-refractivity contribution is 5.31. The van der Waals surface area contributed by atoms with E-state index in [1.165, 1.54) is 44.1 Å². The maximum Gasteiger partial charge on any atom is 0.122 e. The molecule has 0 radical (unpaired) electrons. The van der Waals surface area contributed by atoms with Gasteiger partial charge in [-0.2, -0.15) is 0 Å². The second kappa shape index (κ2) is 5.54.